The van der Waals surface area contributed by atoms with Crippen LogP contribution in [0, 0.1) is 0 Å². The Morgan fingerprint density at radius 1 is 1.13 bits per heavy atom. The van der Waals surface area contributed by atoms with E-state index >= 15 is 0 Å². The molecule has 8 heteroatoms. The first-order chi connectivity index (χ1) is 6.76. The number of rotatable bonds is 3. The van der Waals surface area contributed by atoms with Gasteiger partial charge in [0, 0.05) is 0 Å². The first-order valence-electron chi connectivity index (χ1n) is 4.22. The average molecular weight is 332 g/mol. The molecule has 0 saturated carbocycles. The molecule has 0 atom stereocenters. The molecule has 4 nitrogen and oxygen atoms in total. The molecule has 0 heterocycles. The monoisotopic (exact) mass is 330 g/mol. The quantitative estimate of drug-likeness (QED) is 0.636. The molecule has 0 radical (unpaired) electrons. The first kappa shape index (κ1) is 21.3. The second-order valence-corrected chi connectivity index (χ2v) is 5.42. The van der Waals surface area contributed by atoms with Gasteiger partial charge in [-0.3, -0.25) is 4.55 Å². The van der Waals surface area contributed by atoms with E-state index in [-0.39, 0.29) is 0 Å². The van der Waals surface area contributed by atoms with Crippen molar-refractivity contribution in [2.75, 3.05) is 25.9 Å². The zero-order chi connectivity index (χ0) is 12.9. The van der Waals surface area contributed by atoms with E-state index in [0.29, 0.717) is 6.26 Å². The summed E-state index contributed by atoms with van der Waals surface area (Å²) >= 11 is 0.757. The van der Waals surface area contributed by atoms with Crippen molar-refractivity contribution in [3.63, 3.8) is 0 Å². The van der Waals surface area contributed by atoms with Crippen molar-refractivity contribution >= 4 is 30.3 Å². The van der Waals surface area contributed by atoms with Gasteiger partial charge in [-0.15, -0.1) is 0 Å². The normalized spacial score (nSPS) is 10.1. The summed E-state index contributed by atoms with van der Waals surface area (Å²) in [6.07, 6.45) is 0.715. The fraction of sp³-hybridized carbons (Fsp3) is 1.00. The molecule has 0 fully saturated rings. The van der Waals surface area contributed by atoms with Crippen LogP contribution in [0.2, 0.25) is 0 Å². The maximum atomic E-state index is 9.19. The van der Waals surface area contributed by atoms with Gasteiger partial charge in [-0.1, -0.05) is 20.8 Å². The fourth-order valence-corrected chi connectivity index (χ4v) is 0.671. The molecule has 0 aliphatic heterocycles. The van der Waals surface area contributed by atoms with Gasteiger partial charge >= 0.3 is 33.3 Å². The van der Waals surface area contributed by atoms with Gasteiger partial charge in [-0.2, -0.15) is 8.42 Å². The molecular formula is C7H19Cl2CuNO3S. The molecule has 0 aliphatic rings. The van der Waals surface area contributed by atoms with Crippen molar-refractivity contribution in [1.29, 1.82) is 0 Å². The van der Waals surface area contributed by atoms with Gasteiger partial charge in [0.1, 0.15) is 0 Å². The Morgan fingerprint density at radius 3 is 1.27 bits per heavy atom. The predicted molar refractivity (Wildman–Crippen MR) is 62.6 cm³/mol. The second-order valence-electron chi connectivity index (χ2n) is 2.40. The van der Waals surface area contributed by atoms with Crippen molar-refractivity contribution < 1.29 is 26.1 Å². The van der Waals surface area contributed by atoms with Crippen LogP contribution in [-0.2, 0) is 23.3 Å². The van der Waals surface area contributed by atoms with Gasteiger partial charge < -0.3 is 4.90 Å². The number of halogens is 2. The van der Waals surface area contributed by atoms with Gasteiger partial charge in [-0.05, 0) is 19.6 Å². The van der Waals surface area contributed by atoms with Crippen LogP contribution in [0.3, 0.4) is 0 Å². The summed E-state index contributed by atoms with van der Waals surface area (Å²) in [6.45, 7) is 10.1. The topological polar surface area (TPSA) is 57.6 Å². The van der Waals surface area contributed by atoms with Crippen LogP contribution in [-0.4, -0.2) is 43.8 Å². The van der Waals surface area contributed by atoms with Crippen LogP contribution in [0.15, 0.2) is 0 Å². The molecule has 0 aromatic heterocycles. The van der Waals surface area contributed by atoms with Crippen molar-refractivity contribution in [3.05, 3.63) is 0 Å². The van der Waals surface area contributed by atoms with Gasteiger partial charge in [0.2, 0.25) is 0 Å². The Balaban J connectivity index is -0.000000158. The number of nitrogens with zero attached hydrogens (tertiary/aromatic N) is 1. The molecule has 0 aliphatic carbocycles. The van der Waals surface area contributed by atoms with Crippen LogP contribution in [0.1, 0.15) is 20.8 Å². The van der Waals surface area contributed by atoms with E-state index < -0.39 is 10.1 Å². The predicted octanol–water partition coefficient (Wildman–Crippen LogP) is 2.23. The Hall–Kier alpha value is 0.969. The Kier molecular flexibility index (Phi) is 21.2. The standard InChI is InChI=1S/C6H15N.CH4O3S.2ClH.Cu/c1-4-7(5-2)6-3;1-5(2,3)4;;;/h4-6H2,1-3H3;1H3,(H,2,3,4);2*1H;/q;;;;+2/p-2. The van der Waals surface area contributed by atoms with E-state index in [9.17, 15) is 8.42 Å². The minimum atomic E-state index is -3.67. The summed E-state index contributed by atoms with van der Waals surface area (Å²) in [5, 5.41) is 0. The van der Waals surface area contributed by atoms with Gasteiger partial charge in [-0.25, -0.2) is 0 Å². The summed E-state index contributed by atoms with van der Waals surface area (Å²) in [5.74, 6) is 0. The van der Waals surface area contributed by atoms with Gasteiger partial charge in [0.25, 0.3) is 10.1 Å². The van der Waals surface area contributed by atoms with Crippen LogP contribution in [0.5, 0.6) is 0 Å². The van der Waals surface area contributed by atoms with E-state index in [1.54, 1.807) is 0 Å². The van der Waals surface area contributed by atoms with Crippen molar-refractivity contribution in [3.8, 4) is 0 Å². The van der Waals surface area contributed by atoms with E-state index in [1.165, 1.54) is 19.6 Å². The summed E-state index contributed by atoms with van der Waals surface area (Å²) in [4.78, 5) is 2.38. The van der Waals surface area contributed by atoms with E-state index in [2.05, 4.69) is 45.9 Å². The zero-order valence-electron chi connectivity index (χ0n) is 9.30. The third-order valence-electron chi connectivity index (χ3n) is 1.34. The molecule has 0 amide bonds. The zero-order valence-corrected chi connectivity index (χ0v) is 12.6. The average Bonchev–Trinajstić information content (AvgIpc) is 2.06. The SMILES string of the molecule is CCN(CC)CC.CS(=O)(=O)O.[Cl][Cu][Cl]. The van der Waals surface area contributed by atoms with E-state index in [0.717, 1.165) is 13.1 Å². The fourth-order valence-electron chi connectivity index (χ4n) is 0.671. The van der Waals surface area contributed by atoms with Gasteiger partial charge in [0.15, 0.2) is 0 Å². The molecular weight excluding hydrogens is 313 g/mol. The molecule has 0 rings (SSSR count). The van der Waals surface area contributed by atoms with Crippen LogP contribution in [0.4, 0.5) is 0 Å². The number of hydrogen-bond acceptors (Lipinski definition) is 3. The molecule has 101 valence electrons. The Morgan fingerprint density at radius 2 is 1.27 bits per heavy atom. The molecule has 1 N–H and O–H groups in total. The molecule has 0 saturated heterocycles. The summed E-state index contributed by atoms with van der Waals surface area (Å²) < 4.78 is 25.9. The van der Waals surface area contributed by atoms with Crippen molar-refractivity contribution in [1.82, 2.24) is 4.90 Å². The van der Waals surface area contributed by atoms with Crippen LogP contribution >= 0.6 is 20.2 Å². The van der Waals surface area contributed by atoms with E-state index in [1.807, 2.05) is 0 Å². The van der Waals surface area contributed by atoms with E-state index in [4.69, 9.17) is 4.55 Å². The first-order valence-corrected chi connectivity index (χ1v) is 8.66. The maximum absolute atomic E-state index is 9.19. The van der Waals surface area contributed by atoms with Crippen molar-refractivity contribution in [2.45, 2.75) is 20.8 Å². The molecule has 0 aromatic rings. The molecule has 0 aromatic carbocycles. The third-order valence-corrected chi connectivity index (χ3v) is 1.34. The summed E-state index contributed by atoms with van der Waals surface area (Å²) in [6, 6.07) is 0. The third kappa shape index (κ3) is 51.8. The van der Waals surface area contributed by atoms with Crippen LogP contribution < -0.4 is 0 Å². The van der Waals surface area contributed by atoms with Gasteiger partial charge in [0.05, 0.1) is 6.26 Å². The molecule has 0 bridgehead atoms. The summed E-state index contributed by atoms with van der Waals surface area (Å²) in [5.41, 5.74) is 0. The Bertz CT molecular complexity index is 185. The second kappa shape index (κ2) is 15.0. The Labute approximate surface area is 108 Å². The minimum absolute atomic E-state index is 0.715. The molecule has 0 unspecified atom stereocenters. The summed E-state index contributed by atoms with van der Waals surface area (Å²) in [7, 11) is 5.67. The van der Waals surface area contributed by atoms with Crippen LogP contribution in [0.25, 0.3) is 0 Å². The molecule has 15 heavy (non-hydrogen) atoms. The van der Waals surface area contributed by atoms with Crippen molar-refractivity contribution in [2.24, 2.45) is 0 Å². The molecule has 0 spiro atoms. The number of hydrogen-bond donors (Lipinski definition) is 1.